The van der Waals surface area contributed by atoms with E-state index in [0.717, 1.165) is 25.0 Å². The number of carbonyl (C=O) groups is 2. The van der Waals surface area contributed by atoms with Crippen LogP contribution in [0.3, 0.4) is 0 Å². The number of methoxy groups -OCH3 is 1. The van der Waals surface area contributed by atoms with Crippen LogP contribution in [0.2, 0.25) is 0 Å². The van der Waals surface area contributed by atoms with Gasteiger partial charge in [0.15, 0.2) is 0 Å². The van der Waals surface area contributed by atoms with Gasteiger partial charge in [-0.25, -0.2) is 0 Å². The molecule has 0 bridgehead atoms. The number of carbonyl (C=O) groups excluding carboxylic acids is 2. The molecule has 0 radical (unpaired) electrons. The van der Waals surface area contributed by atoms with Crippen LogP contribution in [0.4, 0.5) is 5.69 Å². The van der Waals surface area contributed by atoms with Gasteiger partial charge in [-0.1, -0.05) is 33.6 Å². The Morgan fingerprint density at radius 1 is 1.12 bits per heavy atom. The molecule has 2 N–H and O–H groups in total. The van der Waals surface area contributed by atoms with Gasteiger partial charge >= 0.3 is 0 Å². The minimum absolute atomic E-state index is 0.00998. The Labute approximate surface area is 150 Å². The van der Waals surface area contributed by atoms with E-state index in [4.69, 9.17) is 4.74 Å². The SMILES string of the molecule is COc1ccc(NC(=O)[C@@H](NC(=O)[C@@H]2CCCC[C@H]2C)C(C)C)cc1. The van der Waals surface area contributed by atoms with Crippen LogP contribution in [-0.4, -0.2) is 25.0 Å². The van der Waals surface area contributed by atoms with Gasteiger partial charge in [0.05, 0.1) is 7.11 Å². The van der Waals surface area contributed by atoms with E-state index in [1.807, 2.05) is 13.8 Å². The van der Waals surface area contributed by atoms with Crippen molar-refractivity contribution in [3.8, 4) is 5.75 Å². The van der Waals surface area contributed by atoms with Crippen molar-refractivity contribution in [3.63, 3.8) is 0 Å². The summed E-state index contributed by atoms with van der Waals surface area (Å²) in [5.41, 5.74) is 0.691. The quantitative estimate of drug-likeness (QED) is 0.827. The highest BCUT2D eigenvalue weighted by Crippen LogP contribution is 2.30. The summed E-state index contributed by atoms with van der Waals surface area (Å²) in [6, 6.07) is 6.63. The maximum atomic E-state index is 12.7. The molecule has 0 aromatic heterocycles. The number of hydrogen-bond acceptors (Lipinski definition) is 3. The molecular weight excluding hydrogens is 316 g/mol. The van der Waals surface area contributed by atoms with Crippen molar-refractivity contribution in [2.45, 2.75) is 52.5 Å². The summed E-state index contributed by atoms with van der Waals surface area (Å²) >= 11 is 0. The van der Waals surface area contributed by atoms with Crippen LogP contribution in [0.25, 0.3) is 0 Å². The molecule has 1 aliphatic carbocycles. The second-order valence-corrected chi connectivity index (χ2v) is 7.32. The van der Waals surface area contributed by atoms with Crippen molar-refractivity contribution in [3.05, 3.63) is 24.3 Å². The number of ether oxygens (including phenoxy) is 1. The Balaban J connectivity index is 2.00. The lowest BCUT2D eigenvalue weighted by molar-refractivity contribution is -0.132. The summed E-state index contributed by atoms with van der Waals surface area (Å²) in [4.78, 5) is 25.3. The molecule has 5 nitrogen and oxygen atoms in total. The fourth-order valence-corrected chi connectivity index (χ4v) is 3.40. The maximum absolute atomic E-state index is 12.7. The minimum atomic E-state index is -0.538. The molecule has 2 amide bonds. The van der Waals surface area contributed by atoms with Crippen LogP contribution < -0.4 is 15.4 Å². The van der Waals surface area contributed by atoms with Gasteiger partial charge in [-0.2, -0.15) is 0 Å². The molecule has 1 aromatic carbocycles. The molecular formula is C20H30N2O3. The third kappa shape index (κ3) is 5.21. The summed E-state index contributed by atoms with van der Waals surface area (Å²) < 4.78 is 5.12. The van der Waals surface area contributed by atoms with Crippen LogP contribution >= 0.6 is 0 Å². The molecule has 0 aliphatic heterocycles. The highest BCUT2D eigenvalue weighted by atomic mass is 16.5. The lowest BCUT2D eigenvalue weighted by atomic mass is 9.79. The first-order valence-electron chi connectivity index (χ1n) is 9.17. The zero-order chi connectivity index (χ0) is 18.4. The lowest BCUT2D eigenvalue weighted by Crippen LogP contribution is -2.50. The van der Waals surface area contributed by atoms with Gasteiger partial charge in [0.1, 0.15) is 11.8 Å². The smallest absolute Gasteiger partial charge is 0.247 e. The monoisotopic (exact) mass is 346 g/mol. The van der Waals surface area contributed by atoms with Crippen LogP contribution in [0.5, 0.6) is 5.75 Å². The Hall–Kier alpha value is -2.04. The zero-order valence-corrected chi connectivity index (χ0v) is 15.7. The molecule has 1 aromatic rings. The van der Waals surface area contributed by atoms with Crippen molar-refractivity contribution in [1.29, 1.82) is 0 Å². The number of benzene rings is 1. The summed E-state index contributed by atoms with van der Waals surface area (Å²) in [5, 5.41) is 5.87. The normalized spacial score (nSPS) is 21.5. The Kier molecular flexibility index (Phi) is 6.85. The first kappa shape index (κ1) is 19.3. The Bertz CT molecular complexity index is 583. The van der Waals surface area contributed by atoms with E-state index >= 15 is 0 Å². The third-order valence-electron chi connectivity index (χ3n) is 5.05. The Morgan fingerprint density at radius 2 is 1.76 bits per heavy atom. The van der Waals surface area contributed by atoms with Crippen LogP contribution in [0, 0.1) is 17.8 Å². The third-order valence-corrected chi connectivity index (χ3v) is 5.05. The molecule has 3 atom stereocenters. The topological polar surface area (TPSA) is 67.4 Å². The highest BCUT2D eigenvalue weighted by molar-refractivity contribution is 5.97. The molecule has 0 spiro atoms. The summed E-state index contributed by atoms with van der Waals surface area (Å²) in [7, 11) is 1.60. The van der Waals surface area contributed by atoms with Gasteiger partial charge in [0.2, 0.25) is 11.8 Å². The van der Waals surface area contributed by atoms with Gasteiger partial charge in [-0.15, -0.1) is 0 Å². The summed E-state index contributed by atoms with van der Waals surface area (Å²) in [5.74, 6) is 0.974. The predicted octanol–water partition coefficient (Wildman–Crippen LogP) is 3.60. The number of hydrogen-bond donors (Lipinski definition) is 2. The largest absolute Gasteiger partial charge is 0.497 e. The van der Waals surface area contributed by atoms with Gasteiger partial charge in [0.25, 0.3) is 0 Å². The number of nitrogens with one attached hydrogen (secondary N) is 2. The van der Waals surface area contributed by atoms with E-state index in [2.05, 4.69) is 17.6 Å². The fourth-order valence-electron chi connectivity index (χ4n) is 3.40. The standard InChI is InChI=1S/C20H30N2O3/c1-13(2)18(22-19(23)17-8-6-5-7-14(17)3)20(24)21-15-9-11-16(25-4)12-10-15/h9-14,17-18H,5-8H2,1-4H3,(H,21,24)(H,22,23)/t14-,17-,18+/m1/s1. The van der Waals surface area contributed by atoms with Crippen molar-refractivity contribution in [1.82, 2.24) is 5.32 Å². The maximum Gasteiger partial charge on any atom is 0.247 e. The summed E-state index contributed by atoms with van der Waals surface area (Å²) in [6.07, 6.45) is 4.28. The zero-order valence-electron chi connectivity index (χ0n) is 15.7. The molecule has 2 rings (SSSR count). The van der Waals surface area contributed by atoms with Gasteiger partial charge in [-0.05, 0) is 48.9 Å². The van der Waals surface area contributed by atoms with E-state index in [-0.39, 0.29) is 23.7 Å². The highest BCUT2D eigenvalue weighted by Gasteiger charge is 2.31. The van der Waals surface area contributed by atoms with Crippen LogP contribution in [0.15, 0.2) is 24.3 Å². The molecule has 0 heterocycles. The van der Waals surface area contributed by atoms with Gasteiger partial charge < -0.3 is 15.4 Å². The van der Waals surface area contributed by atoms with E-state index in [9.17, 15) is 9.59 Å². The molecule has 1 saturated carbocycles. The van der Waals surface area contributed by atoms with Crippen molar-refractivity contribution in [2.75, 3.05) is 12.4 Å². The Morgan fingerprint density at radius 3 is 2.32 bits per heavy atom. The molecule has 1 fully saturated rings. The lowest BCUT2D eigenvalue weighted by Gasteiger charge is -2.30. The van der Waals surface area contributed by atoms with Gasteiger partial charge in [-0.3, -0.25) is 9.59 Å². The van der Waals surface area contributed by atoms with E-state index < -0.39 is 6.04 Å². The molecule has 25 heavy (non-hydrogen) atoms. The molecule has 1 aliphatic rings. The van der Waals surface area contributed by atoms with E-state index in [1.54, 1.807) is 31.4 Å². The number of rotatable bonds is 6. The number of anilines is 1. The summed E-state index contributed by atoms with van der Waals surface area (Å²) in [6.45, 7) is 6.02. The van der Waals surface area contributed by atoms with Crippen molar-refractivity contribution in [2.24, 2.45) is 17.8 Å². The van der Waals surface area contributed by atoms with E-state index in [0.29, 0.717) is 11.6 Å². The number of amides is 2. The second-order valence-electron chi connectivity index (χ2n) is 7.32. The van der Waals surface area contributed by atoms with Crippen LogP contribution in [0.1, 0.15) is 46.5 Å². The first-order valence-corrected chi connectivity index (χ1v) is 9.17. The van der Waals surface area contributed by atoms with Crippen molar-refractivity contribution < 1.29 is 14.3 Å². The first-order chi connectivity index (χ1) is 11.9. The van der Waals surface area contributed by atoms with Gasteiger partial charge in [0, 0.05) is 11.6 Å². The molecule has 5 heteroatoms. The minimum Gasteiger partial charge on any atom is -0.497 e. The second kappa shape index (κ2) is 8.88. The average molecular weight is 346 g/mol. The average Bonchev–Trinajstić information content (AvgIpc) is 2.60. The fraction of sp³-hybridized carbons (Fsp3) is 0.600. The predicted molar refractivity (Wildman–Crippen MR) is 99.5 cm³/mol. The van der Waals surface area contributed by atoms with Crippen LogP contribution in [-0.2, 0) is 9.59 Å². The molecule has 0 unspecified atom stereocenters. The molecule has 0 saturated heterocycles. The van der Waals surface area contributed by atoms with Crippen molar-refractivity contribution >= 4 is 17.5 Å². The van der Waals surface area contributed by atoms with E-state index in [1.165, 1.54) is 6.42 Å². The molecule has 138 valence electrons.